The van der Waals surface area contributed by atoms with Gasteiger partial charge in [0.2, 0.25) is 5.91 Å². The Morgan fingerprint density at radius 3 is 2.73 bits per heavy atom. The molecule has 1 amide bonds. The number of morpholine rings is 1. The lowest BCUT2D eigenvalue weighted by molar-refractivity contribution is -0.121. The maximum atomic E-state index is 12.2. The molecule has 2 unspecified atom stereocenters. The Bertz CT molecular complexity index is 530. The van der Waals surface area contributed by atoms with Gasteiger partial charge in [-0.3, -0.25) is 9.69 Å². The van der Waals surface area contributed by atoms with E-state index in [1.807, 2.05) is 19.1 Å². The summed E-state index contributed by atoms with van der Waals surface area (Å²) in [6.45, 7) is 7.89. The third-order valence-corrected chi connectivity index (χ3v) is 5.01. The highest BCUT2D eigenvalue weighted by Crippen LogP contribution is 2.23. The quantitative estimate of drug-likeness (QED) is 0.725. The van der Waals surface area contributed by atoms with Crippen LogP contribution < -0.4 is 10.6 Å². The number of hydrogen-bond donors (Lipinski definition) is 2. The van der Waals surface area contributed by atoms with Gasteiger partial charge in [0.1, 0.15) is 11.5 Å². The average molecular weight is 408 g/mol. The largest absolute Gasteiger partial charge is 0.465 e. The normalized spacial score (nSPS) is 21.5. The van der Waals surface area contributed by atoms with Gasteiger partial charge in [0.05, 0.1) is 19.3 Å². The van der Waals surface area contributed by atoms with Crippen LogP contribution in [0.1, 0.15) is 36.8 Å². The van der Waals surface area contributed by atoms with Gasteiger partial charge in [0.25, 0.3) is 0 Å². The van der Waals surface area contributed by atoms with Crippen molar-refractivity contribution >= 4 is 30.7 Å². The molecule has 3 heterocycles. The highest BCUT2D eigenvalue weighted by Gasteiger charge is 2.25. The van der Waals surface area contributed by atoms with E-state index in [-0.39, 0.29) is 36.8 Å². The van der Waals surface area contributed by atoms with E-state index in [0.29, 0.717) is 18.9 Å². The first kappa shape index (κ1) is 23.2. The van der Waals surface area contributed by atoms with E-state index in [2.05, 4.69) is 15.5 Å². The number of aryl methyl sites for hydroxylation is 1. The smallest absolute Gasteiger partial charge is 0.220 e. The van der Waals surface area contributed by atoms with Crippen LogP contribution in [0.2, 0.25) is 0 Å². The molecule has 6 nitrogen and oxygen atoms in total. The van der Waals surface area contributed by atoms with Crippen molar-refractivity contribution in [3.05, 3.63) is 23.7 Å². The third-order valence-electron chi connectivity index (χ3n) is 5.01. The van der Waals surface area contributed by atoms with Crippen molar-refractivity contribution in [1.29, 1.82) is 0 Å². The topological polar surface area (TPSA) is 66.7 Å². The van der Waals surface area contributed by atoms with Crippen molar-refractivity contribution in [2.24, 2.45) is 5.92 Å². The van der Waals surface area contributed by atoms with E-state index in [1.54, 1.807) is 0 Å². The van der Waals surface area contributed by atoms with Crippen molar-refractivity contribution in [2.45, 2.75) is 32.2 Å². The Hall–Kier alpha value is -0.790. The van der Waals surface area contributed by atoms with Crippen molar-refractivity contribution in [3.63, 3.8) is 0 Å². The third kappa shape index (κ3) is 6.74. The first-order valence-corrected chi connectivity index (χ1v) is 9.08. The number of ether oxygens (including phenoxy) is 1. The second-order valence-corrected chi connectivity index (χ2v) is 6.81. The molecular formula is C18H31Cl2N3O3. The van der Waals surface area contributed by atoms with Crippen LogP contribution >= 0.6 is 24.8 Å². The highest BCUT2D eigenvalue weighted by atomic mass is 35.5. The van der Waals surface area contributed by atoms with E-state index in [1.165, 1.54) is 6.42 Å². The van der Waals surface area contributed by atoms with Gasteiger partial charge in [-0.25, -0.2) is 0 Å². The van der Waals surface area contributed by atoms with Gasteiger partial charge in [-0.2, -0.15) is 0 Å². The number of nitrogens with one attached hydrogen (secondary N) is 2. The van der Waals surface area contributed by atoms with E-state index in [9.17, 15) is 4.79 Å². The van der Waals surface area contributed by atoms with Gasteiger partial charge in [-0.1, -0.05) is 0 Å². The van der Waals surface area contributed by atoms with Gasteiger partial charge >= 0.3 is 0 Å². The number of amides is 1. The van der Waals surface area contributed by atoms with Crippen LogP contribution in [0.3, 0.4) is 0 Å². The van der Waals surface area contributed by atoms with Crippen LogP contribution in [0, 0.1) is 12.8 Å². The molecule has 0 radical (unpaired) electrons. The zero-order valence-electron chi connectivity index (χ0n) is 15.4. The molecule has 1 aromatic heterocycles. The van der Waals surface area contributed by atoms with Crippen LogP contribution in [0.15, 0.2) is 16.5 Å². The molecule has 0 saturated carbocycles. The molecule has 150 valence electrons. The molecule has 1 aromatic rings. The number of carbonyl (C=O) groups is 1. The maximum absolute atomic E-state index is 12.2. The number of rotatable bonds is 7. The van der Waals surface area contributed by atoms with Crippen LogP contribution in [0.4, 0.5) is 0 Å². The fourth-order valence-corrected chi connectivity index (χ4v) is 3.53. The maximum Gasteiger partial charge on any atom is 0.220 e. The fraction of sp³-hybridized carbons (Fsp3) is 0.722. The zero-order valence-corrected chi connectivity index (χ0v) is 17.0. The molecule has 3 rings (SSSR count). The summed E-state index contributed by atoms with van der Waals surface area (Å²) in [5.41, 5.74) is 0. The molecule has 2 aliphatic heterocycles. The second-order valence-electron chi connectivity index (χ2n) is 6.81. The molecule has 0 aromatic carbocycles. The summed E-state index contributed by atoms with van der Waals surface area (Å²) in [7, 11) is 0. The Morgan fingerprint density at radius 1 is 1.35 bits per heavy atom. The van der Waals surface area contributed by atoms with Gasteiger partial charge < -0.3 is 19.8 Å². The first-order chi connectivity index (χ1) is 11.7. The molecular weight excluding hydrogens is 377 g/mol. The monoisotopic (exact) mass is 407 g/mol. The van der Waals surface area contributed by atoms with E-state index >= 15 is 0 Å². The number of halogens is 2. The number of furan rings is 1. The van der Waals surface area contributed by atoms with Crippen LogP contribution in [-0.4, -0.2) is 56.7 Å². The molecule has 2 fully saturated rings. The summed E-state index contributed by atoms with van der Waals surface area (Å²) < 4.78 is 11.3. The minimum absolute atomic E-state index is 0. The average Bonchev–Trinajstić information content (AvgIpc) is 3.26. The predicted octanol–water partition coefficient (Wildman–Crippen LogP) is 2.31. The zero-order chi connectivity index (χ0) is 16.8. The Balaban J connectivity index is 0.00000169. The lowest BCUT2D eigenvalue weighted by Crippen LogP contribution is -2.43. The van der Waals surface area contributed by atoms with Gasteiger partial charge in [-0.05, 0) is 50.9 Å². The summed E-state index contributed by atoms with van der Waals surface area (Å²) >= 11 is 0. The molecule has 0 spiro atoms. The molecule has 2 aliphatic rings. The van der Waals surface area contributed by atoms with Crippen molar-refractivity contribution < 1.29 is 13.9 Å². The second kappa shape index (κ2) is 11.8. The lowest BCUT2D eigenvalue weighted by Gasteiger charge is -2.33. The molecule has 0 aliphatic carbocycles. The molecule has 0 bridgehead atoms. The SMILES string of the molecule is Cc1ccc(C(CNC(=O)CCC2CCNC2)N2CCOCC2)o1.Cl.Cl. The summed E-state index contributed by atoms with van der Waals surface area (Å²) in [4.78, 5) is 14.6. The Kier molecular flexibility index (Phi) is 10.6. The van der Waals surface area contributed by atoms with Gasteiger partial charge in [-0.15, -0.1) is 24.8 Å². The summed E-state index contributed by atoms with van der Waals surface area (Å²) in [5.74, 6) is 2.62. The van der Waals surface area contributed by atoms with E-state index in [4.69, 9.17) is 9.15 Å². The Morgan fingerprint density at radius 2 is 2.12 bits per heavy atom. The fourth-order valence-electron chi connectivity index (χ4n) is 3.53. The number of carbonyl (C=O) groups excluding carboxylic acids is 1. The minimum atomic E-state index is 0. The molecule has 2 saturated heterocycles. The first-order valence-electron chi connectivity index (χ1n) is 9.08. The molecule has 8 heteroatoms. The summed E-state index contributed by atoms with van der Waals surface area (Å²) in [5, 5.41) is 6.46. The van der Waals surface area contributed by atoms with Crippen LogP contribution in [-0.2, 0) is 9.53 Å². The summed E-state index contributed by atoms with van der Waals surface area (Å²) in [6.07, 6.45) is 2.77. The minimum Gasteiger partial charge on any atom is -0.465 e. The van der Waals surface area contributed by atoms with Crippen molar-refractivity contribution in [2.75, 3.05) is 45.9 Å². The molecule has 2 N–H and O–H groups in total. The van der Waals surface area contributed by atoms with Gasteiger partial charge in [0.15, 0.2) is 0 Å². The number of nitrogens with zero attached hydrogens (tertiary/aromatic N) is 1. The Labute approximate surface area is 168 Å². The van der Waals surface area contributed by atoms with Gasteiger partial charge in [0, 0.05) is 26.1 Å². The van der Waals surface area contributed by atoms with E-state index < -0.39 is 0 Å². The van der Waals surface area contributed by atoms with Crippen LogP contribution in [0.5, 0.6) is 0 Å². The van der Waals surface area contributed by atoms with Crippen molar-refractivity contribution in [1.82, 2.24) is 15.5 Å². The molecule has 26 heavy (non-hydrogen) atoms. The van der Waals surface area contributed by atoms with Crippen molar-refractivity contribution in [3.8, 4) is 0 Å². The predicted molar refractivity (Wildman–Crippen MR) is 106 cm³/mol. The highest BCUT2D eigenvalue weighted by molar-refractivity contribution is 5.85. The van der Waals surface area contributed by atoms with Crippen LogP contribution in [0.25, 0.3) is 0 Å². The standard InChI is InChI=1S/C18H29N3O3.2ClH/c1-14-2-4-17(24-14)16(21-8-10-23-11-9-21)13-20-18(22)5-3-15-6-7-19-12-15;;/h2,4,15-16,19H,3,5-13H2,1H3,(H,20,22);2*1H. The summed E-state index contributed by atoms with van der Waals surface area (Å²) in [6, 6.07) is 4.09. The van der Waals surface area contributed by atoms with E-state index in [0.717, 1.165) is 57.3 Å². The number of hydrogen-bond acceptors (Lipinski definition) is 5. The molecule has 2 atom stereocenters. The lowest BCUT2D eigenvalue weighted by atomic mass is 10.0.